The molecule has 9 heteroatoms. The molecule has 5 nitrogen and oxygen atoms in total. The summed E-state index contributed by atoms with van der Waals surface area (Å²) in [6, 6.07) is 4.14. The van der Waals surface area contributed by atoms with Crippen LogP contribution in [-0.2, 0) is 21.0 Å². The van der Waals surface area contributed by atoms with Crippen LogP contribution in [0.1, 0.15) is 49.7 Å². The SMILES string of the molecule is O=C(O)CCC/C=C/C1CC2CC(NS(=O)(=O)/C=C/c3ccc(C(F)(F)F)cc3)C1C2. The molecule has 0 saturated heterocycles. The van der Waals surface area contributed by atoms with Crippen LogP contribution in [0.25, 0.3) is 6.08 Å². The average Bonchev–Trinajstić information content (AvgIpc) is 3.25. The molecule has 2 fully saturated rings. The van der Waals surface area contributed by atoms with Gasteiger partial charge in [0.1, 0.15) is 0 Å². The molecule has 2 bridgehead atoms. The van der Waals surface area contributed by atoms with Crippen molar-refractivity contribution in [1.29, 1.82) is 0 Å². The van der Waals surface area contributed by atoms with Crippen molar-refractivity contribution in [2.24, 2.45) is 17.8 Å². The highest BCUT2D eigenvalue weighted by molar-refractivity contribution is 7.92. The summed E-state index contributed by atoms with van der Waals surface area (Å²) in [5.41, 5.74) is -0.414. The first-order valence-corrected chi connectivity index (χ1v) is 11.8. The third kappa shape index (κ3) is 6.67. The number of unbranched alkanes of at least 4 members (excludes halogenated alkanes) is 1. The first-order valence-electron chi connectivity index (χ1n) is 10.3. The minimum atomic E-state index is -4.43. The van der Waals surface area contributed by atoms with Crippen LogP contribution >= 0.6 is 0 Å². The standard InChI is InChI=1S/C22H26F3NO4S/c23-22(24,25)18-8-6-15(7-9-18)10-11-31(29,30)26-20-14-16-12-17(19(20)13-16)4-2-1-3-5-21(27)28/h2,4,6-11,16-17,19-20,26H,1,3,5,12-14H2,(H,27,28)/b4-2+,11-10+. The minimum absolute atomic E-state index is 0.134. The number of rotatable bonds is 9. The molecule has 31 heavy (non-hydrogen) atoms. The zero-order chi connectivity index (χ0) is 22.6. The molecule has 2 aliphatic carbocycles. The van der Waals surface area contributed by atoms with E-state index >= 15 is 0 Å². The molecule has 0 spiro atoms. The highest BCUT2D eigenvalue weighted by Crippen LogP contribution is 2.49. The van der Waals surface area contributed by atoms with Crippen molar-refractivity contribution in [3.05, 3.63) is 53.0 Å². The van der Waals surface area contributed by atoms with Crippen molar-refractivity contribution >= 4 is 22.1 Å². The number of carboxylic acids is 1. The Bertz CT molecular complexity index is 938. The maximum absolute atomic E-state index is 12.6. The van der Waals surface area contributed by atoms with Gasteiger partial charge in [0.25, 0.3) is 0 Å². The molecule has 2 aliphatic rings. The molecule has 0 aromatic heterocycles. The third-order valence-electron chi connectivity index (χ3n) is 6.00. The molecule has 1 aromatic carbocycles. The predicted molar refractivity (Wildman–Crippen MR) is 111 cm³/mol. The lowest BCUT2D eigenvalue weighted by Gasteiger charge is -2.27. The molecular formula is C22H26F3NO4S. The summed E-state index contributed by atoms with van der Waals surface area (Å²) in [7, 11) is -3.73. The Hall–Kier alpha value is -2.13. The predicted octanol–water partition coefficient (Wildman–Crippen LogP) is 4.82. The highest BCUT2D eigenvalue weighted by atomic mass is 32.2. The maximum atomic E-state index is 12.6. The lowest BCUT2D eigenvalue weighted by Crippen LogP contribution is -2.40. The molecule has 4 atom stereocenters. The summed E-state index contributed by atoms with van der Waals surface area (Å²) in [4.78, 5) is 10.6. The molecular weight excluding hydrogens is 431 g/mol. The molecule has 4 unspecified atom stereocenters. The quantitative estimate of drug-likeness (QED) is 0.411. The normalized spacial score (nSPS) is 26.3. The molecule has 2 saturated carbocycles. The van der Waals surface area contributed by atoms with E-state index in [-0.39, 0.29) is 24.3 Å². The number of fused-ring (bicyclic) bond motifs is 2. The number of benzene rings is 1. The lowest BCUT2D eigenvalue weighted by molar-refractivity contribution is -0.138. The second-order valence-electron chi connectivity index (χ2n) is 8.31. The summed E-state index contributed by atoms with van der Waals surface area (Å²) in [5, 5.41) is 9.67. The monoisotopic (exact) mass is 457 g/mol. The van der Waals surface area contributed by atoms with Crippen molar-refractivity contribution in [3.8, 4) is 0 Å². The molecule has 0 radical (unpaired) electrons. The molecule has 0 heterocycles. The highest BCUT2D eigenvalue weighted by Gasteiger charge is 2.46. The zero-order valence-corrected chi connectivity index (χ0v) is 17.7. The van der Waals surface area contributed by atoms with Crippen molar-refractivity contribution < 1.29 is 31.5 Å². The zero-order valence-electron chi connectivity index (χ0n) is 16.9. The van der Waals surface area contributed by atoms with Gasteiger partial charge in [0.15, 0.2) is 0 Å². The first-order chi connectivity index (χ1) is 14.5. The fourth-order valence-corrected chi connectivity index (χ4v) is 5.71. The molecule has 0 amide bonds. The van der Waals surface area contributed by atoms with Gasteiger partial charge in [-0.05, 0) is 73.6 Å². The van der Waals surface area contributed by atoms with Gasteiger partial charge in [-0.1, -0.05) is 24.3 Å². The van der Waals surface area contributed by atoms with E-state index in [1.54, 1.807) is 0 Å². The van der Waals surface area contributed by atoms with Gasteiger partial charge >= 0.3 is 12.1 Å². The summed E-state index contributed by atoms with van der Waals surface area (Å²) in [6.45, 7) is 0. The number of hydrogen-bond acceptors (Lipinski definition) is 3. The number of carboxylic acid groups (broad SMARTS) is 1. The van der Waals surface area contributed by atoms with Crippen molar-refractivity contribution in [2.45, 2.75) is 50.7 Å². The van der Waals surface area contributed by atoms with Gasteiger partial charge in [-0.15, -0.1) is 0 Å². The fraction of sp³-hybridized carbons (Fsp3) is 0.500. The van der Waals surface area contributed by atoms with Gasteiger partial charge < -0.3 is 5.11 Å². The largest absolute Gasteiger partial charge is 0.481 e. The van der Waals surface area contributed by atoms with Gasteiger partial charge in [0.2, 0.25) is 10.0 Å². The molecule has 1 aromatic rings. The summed E-state index contributed by atoms with van der Waals surface area (Å²) >= 11 is 0. The molecule has 0 aliphatic heterocycles. The Balaban J connectivity index is 1.55. The van der Waals surface area contributed by atoms with Crippen LogP contribution < -0.4 is 4.72 Å². The second kappa shape index (κ2) is 9.56. The topological polar surface area (TPSA) is 83.5 Å². The Morgan fingerprint density at radius 1 is 1.16 bits per heavy atom. The first kappa shape index (κ1) is 23.5. The second-order valence-corrected chi connectivity index (χ2v) is 9.90. The van der Waals surface area contributed by atoms with Crippen LogP contribution in [0.5, 0.6) is 0 Å². The van der Waals surface area contributed by atoms with Gasteiger partial charge in [0, 0.05) is 17.9 Å². The number of carbonyl (C=O) groups is 1. The van der Waals surface area contributed by atoms with Crippen LogP contribution in [0.3, 0.4) is 0 Å². The summed E-state index contributed by atoms with van der Waals surface area (Å²) < 4.78 is 65.6. The molecule has 3 rings (SSSR count). The van der Waals surface area contributed by atoms with E-state index in [0.29, 0.717) is 24.3 Å². The van der Waals surface area contributed by atoms with Crippen LogP contribution in [0.4, 0.5) is 13.2 Å². The fourth-order valence-electron chi connectivity index (χ4n) is 4.61. The molecule has 170 valence electrons. The number of alkyl halides is 3. The molecule has 2 N–H and O–H groups in total. The minimum Gasteiger partial charge on any atom is -0.481 e. The van der Waals surface area contributed by atoms with E-state index in [2.05, 4.69) is 10.8 Å². The Kier molecular flexibility index (Phi) is 7.26. The van der Waals surface area contributed by atoms with E-state index in [4.69, 9.17) is 5.11 Å². The number of nitrogens with one attached hydrogen (secondary N) is 1. The van der Waals surface area contributed by atoms with Crippen molar-refractivity contribution in [3.63, 3.8) is 0 Å². The van der Waals surface area contributed by atoms with Gasteiger partial charge in [0.05, 0.1) is 5.56 Å². The Morgan fingerprint density at radius 2 is 1.87 bits per heavy atom. The van der Waals surface area contributed by atoms with Gasteiger partial charge in [-0.2, -0.15) is 13.2 Å². The number of hydrogen-bond donors (Lipinski definition) is 2. The van der Waals surface area contributed by atoms with E-state index in [0.717, 1.165) is 36.8 Å². The summed E-state index contributed by atoms with van der Waals surface area (Å²) in [6.07, 6.45) is 5.09. The number of allylic oxidation sites excluding steroid dienone is 2. The van der Waals surface area contributed by atoms with E-state index < -0.39 is 27.7 Å². The lowest BCUT2D eigenvalue weighted by atomic mass is 9.85. The van der Waals surface area contributed by atoms with Gasteiger partial charge in [-0.25, -0.2) is 13.1 Å². The number of aliphatic carboxylic acids is 1. The number of halogens is 3. The van der Waals surface area contributed by atoms with E-state index in [1.807, 2.05) is 6.08 Å². The third-order valence-corrected chi connectivity index (χ3v) is 7.13. The van der Waals surface area contributed by atoms with Gasteiger partial charge in [-0.3, -0.25) is 4.79 Å². The van der Waals surface area contributed by atoms with Crippen LogP contribution in [-0.4, -0.2) is 25.5 Å². The summed E-state index contributed by atoms with van der Waals surface area (Å²) in [5.74, 6) is 0.127. The van der Waals surface area contributed by atoms with E-state index in [9.17, 15) is 26.4 Å². The number of sulfonamides is 1. The van der Waals surface area contributed by atoms with E-state index in [1.165, 1.54) is 18.2 Å². The average molecular weight is 458 g/mol. The van der Waals surface area contributed by atoms with Crippen LogP contribution in [0.2, 0.25) is 0 Å². The maximum Gasteiger partial charge on any atom is 0.416 e. The smallest absolute Gasteiger partial charge is 0.416 e. The van der Waals surface area contributed by atoms with Crippen molar-refractivity contribution in [2.75, 3.05) is 0 Å². The Labute approximate surface area is 180 Å². The van der Waals surface area contributed by atoms with Crippen LogP contribution in [0.15, 0.2) is 41.8 Å². The Morgan fingerprint density at radius 3 is 2.48 bits per heavy atom. The van der Waals surface area contributed by atoms with Crippen molar-refractivity contribution in [1.82, 2.24) is 4.72 Å². The van der Waals surface area contributed by atoms with Crippen LogP contribution in [0, 0.1) is 17.8 Å².